The third-order valence-electron chi connectivity index (χ3n) is 3.59. The Morgan fingerprint density at radius 1 is 1.24 bits per heavy atom. The van der Waals surface area contributed by atoms with Crippen LogP contribution in [0, 0.1) is 0 Å². The van der Waals surface area contributed by atoms with E-state index in [4.69, 9.17) is 0 Å². The van der Waals surface area contributed by atoms with Gasteiger partial charge in [0.25, 0.3) is 0 Å². The van der Waals surface area contributed by atoms with Crippen molar-refractivity contribution in [3.05, 3.63) is 12.3 Å². The minimum absolute atomic E-state index is 0.425. The van der Waals surface area contributed by atoms with Crippen LogP contribution in [0.25, 0.3) is 0 Å². The van der Waals surface area contributed by atoms with E-state index in [2.05, 4.69) is 53.2 Å². The van der Waals surface area contributed by atoms with Crippen LogP contribution < -0.4 is 10.6 Å². The largest absolute Gasteiger partial charge is 0.367 e. The van der Waals surface area contributed by atoms with Gasteiger partial charge in [0, 0.05) is 18.8 Å². The molecule has 0 saturated carbocycles. The molecule has 1 rings (SSSR count). The molecule has 1 aromatic heterocycles. The number of hydrogen-bond donors (Lipinski definition) is 2. The van der Waals surface area contributed by atoms with E-state index in [1.165, 1.54) is 13.0 Å². The lowest BCUT2D eigenvalue weighted by Crippen LogP contribution is -2.25. The molecule has 0 aliphatic rings. The van der Waals surface area contributed by atoms with E-state index < -0.39 is 0 Å². The van der Waals surface area contributed by atoms with Crippen molar-refractivity contribution >= 4 is 11.8 Å². The summed E-state index contributed by atoms with van der Waals surface area (Å²) >= 11 is 0. The fourth-order valence-corrected chi connectivity index (χ4v) is 2.25. The SMILES string of the molecule is CCCNc1nccc(NC(C)CCCN(CC)CC)n1. The molecule has 1 atom stereocenters. The summed E-state index contributed by atoms with van der Waals surface area (Å²) in [5, 5.41) is 6.67. The van der Waals surface area contributed by atoms with Crippen LogP contribution in [0.4, 0.5) is 11.8 Å². The summed E-state index contributed by atoms with van der Waals surface area (Å²) in [6.07, 6.45) is 5.23. The summed E-state index contributed by atoms with van der Waals surface area (Å²) in [5.41, 5.74) is 0. The van der Waals surface area contributed by atoms with E-state index in [-0.39, 0.29) is 0 Å². The summed E-state index contributed by atoms with van der Waals surface area (Å²) in [7, 11) is 0. The molecule has 0 spiro atoms. The molecule has 1 aromatic rings. The monoisotopic (exact) mass is 293 g/mol. The van der Waals surface area contributed by atoms with Crippen molar-refractivity contribution in [1.29, 1.82) is 0 Å². The topological polar surface area (TPSA) is 53.1 Å². The molecule has 0 amide bonds. The molecule has 2 N–H and O–H groups in total. The van der Waals surface area contributed by atoms with Crippen LogP contribution in [-0.2, 0) is 0 Å². The van der Waals surface area contributed by atoms with Gasteiger partial charge >= 0.3 is 0 Å². The smallest absolute Gasteiger partial charge is 0.224 e. The first-order valence-corrected chi connectivity index (χ1v) is 8.25. The Balaban J connectivity index is 2.35. The van der Waals surface area contributed by atoms with Crippen molar-refractivity contribution in [2.24, 2.45) is 0 Å². The number of anilines is 2. The molecular weight excluding hydrogens is 262 g/mol. The molecule has 0 fully saturated rings. The molecule has 5 nitrogen and oxygen atoms in total. The summed E-state index contributed by atoms with van der Waals surface area (Å²) < 4.78 is 0. The zero-order valence-corrected chi connectivity index (χ0v) is 14.0. The highest BCUT2D eigenvalue weighted by Gasteiger charge is 2.06. The maximum absolute atomic E-state index is 4.48. The molecule has 120 valence electrons. The maximum atomic E-state index is 4.48. The van der Waals surface area contributed by atoms with Crippen LogP contribution in [0.2, 0.25) is 0 Å². The maximum Gasteiger partial charge on any atom is 0.224 e. The minimum atomic E-state index is 0.425. The quantitative estimate of drug-likeness (QED) is 0.656. The van der Waals surface area contributed by atoms with Gasteiger partial charge in [-0.25, -0.2) is 4.98 Å². The molecule has 0 aliphatic heterocycles. The fraction of sp³-hybridized carbons (Fsp3) is 0.750. The number of nitrogens with one attached hydrogen (secondary N) is 2. The highest BCUT2D eigenvalue weighted by Crippen LogP contribution is 2.10. The Bertz CT molecular complexity index is 379. The van der Waals surface area contributed by atoms with Crippen molar-refractivity contribution in [3.63, 3.8) is 0 Å². The van der Waals surface area contributed by atoms with Crippen LogP contribution in [0.5, 0.6) is 0 Å². The third-order valence-corrected chi connectivity index (χ3v) is 3.59. The zero-order chi connectivity index (χ0) is 15.5. The molecule has 1 unspecified atom stereocenters. The minimum Gasteiger partial charge on any atom is -0.367 e. The summed E-state index contributed by atoms with van der Waals surface area (Å²) in [4.78, 5) is 11.2. The Morgan fingerprint density at radius 2 is 2.00 bits per heavy atom. The highest BCUT2D eigenvalue weighted by atomic mass is 15.1. The normalized spacial score (nSPS) is 12.4. The van der Waals surface area contributed by atoms with Gasteiger partial charge in [0.05, 0.1) is 0 Å². The molecule has 0 saturated heterocycles. The molecule has 0 radical (unpaired) electrons. The summed E-state index contributed by atoms with van der Waals surface area (Å²) in [5.74, 6) is 1.61. The van der Waals surface area contributed by atoms with Gasteiger partial charge in [-0.1, -0.05) is 20.8 Å². The van der Waals surface area contributed by atoms with E-state index in [1.54, 1.807) is 6.20 Å². The Hall–Kier alpha value is -1.36. The Kier molecular flexibility index (Phi) is 8.74. The number of rotatable bonds is 11. The number of nitrogens with zero attached hydrogens (tertiary/aromatic N) is 3. The lowest BCUT2D eigenvalue weighted by molar-refractivity contribution is 0.295. The van der Waals surface area contributed by atoms with Crippen LogP contribution in [0.1, 0.15) is 47.0 Å². The van der Waals surface area contributed by atoms with Crippen molar-refractivity contribution in [3.8, 4) is 0 Å². The molecular formula is C16H31N5. The lowest BCUT2D eigenvalue weighted by Gasteiger charge is -2.20. The zero-order valence-electron chi connectivity index (χ0n) is 14.0. The predicted molar refractivity (Wildman–Crippen MR) is 90.9 cm³/mol. The Morgan fingerprint density at radius 3 is 2.67 bits per heavy atom. The van der Waals surface area contributed by atoms with Gasteiger partial charge in [0.2, 0.25) is 5.95 Å². The lowest BCUT2D eigenvalue weighted by atomic mass is 10.1. The molecule has 0 bridgehead atoms. The number of aromatic nitrogens is 2. The summed E-state index contributed by atoms with van der Waals surface area (Å²) in [6.45, 7) is 13.1. The van der Waals surface area contributed by atoms with Gasteiger partial charge in [0.15, 0.2) is 0 Å². The van der Waals surface area contributed by atoms with E-state index in [9.17, 15) is 0 Å². The van der Waals surface area contributed by atoms with Gasteiger partial charge in [-0.2, -0.15) is 4.98 Å². The number of hydrogen-bond acceptors (Lipinski definition) is 5. The van der Waals surface area contributed by atoms with Crippen LogP contribution >= 0.6 is 0 Å². The first-order valence-electron chi connectivity index (χ1n) is 8.25. The van der Waals surface area contributed by atoms with Gasteiger partial charge in [-0.05, 0) is 51.9 Å². The van der Waals surface area contributed by atoms with Gasteiger partial charge in [0.1, 0.15) is 5.82 Å². The van der Waals surface area contributed by atoms with E-state index in [0.29, 0.717) is 12.0 Å². The van der Waals surface area contributed by atoms with E-state index in [1.807, 2.05) is 6.07 Å². The molecule has 0 aromatic carbocycles. The fourth-order valence-electron chi connectivity index (χ4n) is 2.25. The highest BCUT2D eigenvalue weighted by molar-refractivity contribution is 5.40. The molecule has 21 heavy (non-hydrogen) atoms. The average Bonchev–Trinajstić information content (AvgIpc) is 2.50. The van der Waals surface area contributed by atoms with Crippen molar-refractivity contribution < 1.29 is 0 Å². The molecule has 0 aliphatic carbocycles. The second kappa shape index (κ2) is 10.4. The standard InChI is InChI=1S/C16H31N5/c1-5-11-17-16-18-12-10-15(20-16)19-14(4)9-8-13-21(6-2)7-3/h10,12,14H,5-9,11,13H2,1-4H3,(H2,17,18,19,20). The second-order valence-corrected chi connectivity index (χ2v) is 5.41. The van der Waals surface area contributed by atoms with Gasteiger partial charge in [-0.15, -0.1) is 0 Å². The van der Waals surface area contributed by atoms with Crippen molar-refractivity contribution in [1.82, 2.24) is 14.9 Å². The van der Waals surface area contributed by atoms with E-state index >= 15 is 0 Å². The van der Waals surface area contributed by atoms with E-state index in [0.717, 1.165) is 38.3 Å². The second-order valence-electron chi connectivity index (χ2n) is 5.41. The third kappa shape index (κ3) is 7.27. The van der Waals surface area contributed by atoms with Crippen molar-refractivity contribution in [2.75, 3.05) is 36.8 Å². The average molecular weight is 293 g/mol. The van der Waals surface area contributed by atoms with Gasteiger partial charge < -0.3 is 15.5 Å². The summed E-state index contributed by atoms with van der Waals surface area (Å²) in [6, 6.07) is 2.35. The Labute approximate surface area is 129 Å². The van der Waals surface area contributed by atoms with Crippen molar-refractivity contribution in [2.45, 2.75) is 53.0 Å². The van der Waals surface area contributed by atoms with Gasteiger partial charge in [-0.3, -0.25) is 0 Å². The molecule has 1 heterocycles. The molecule has 5 heteroatoms. The van der Waals surface area contributed by atoms with Crippen LogP contribution in [0.3, 0.4) is 0 Å². The first-order chi connectivity index (χ1) is 10.2. The van der Waals surface area contributed by atoms with Crippen LogP contribution in [-0.4, -0.2) is 47.1 Å². The van der Waals surface area contributed by atoms with Crippen LogP contribution in [0.15, 0.2) is 12.3 Å². The predicted octanol–water partition coefficient (Wildman–Crippen LogP) is 3.22. The first kappa shape index (κ1) is 17.7.